The summed E-state index contributed by atoms with van der Waals surface area (Å²) >= 11 is 0. The number of nitro groups is 1. The fraction of sp³-hybridized carbons (Fsp3) is 0.625. The van der Waals surface area contributed by atoms with Crippen LogP contribution in [0.3, 0.4) is 0 Å². The average molecular weight is 171 g/mol. The maximum Gasteiger partial charge on any atom is 0.217 e. The number of carbonyl (C=O) groups excluding carboxylic acids is 1. The molecule has 0 aromatic rings. The van der Waals surface area contributed by atoms with E-state index in [0.717, 1.165) is 0 Å². The van der Waals surface area contributed by atoms with Gasteiger partial charge in [0.15, 0.2) is 5.78 Å². The quantitative estimate of drug-likeness (QED) is 0.358. The molecule has 0 unspecified atom stereocenters. The highest BCUT2D eigenvalue weighted by Crippen LogP contribution is 2.15. The summed E-state index contributed by atoms with van der Waals surface area (Å²) < 4.78 is 0. The molecule has 0 aliphatic carbocycles. The van der Waals surface area contributed by atoms with Crippen molar-refractivity contribution in [3.8, 4) is 0 Å². The third-order valence-electron chi connectivity index (χ3n) is 1.71. The van der Waals surface area contributed by atoms with Crippen molar-refractivity contribution in [3.05, 3.63) is 22.8 Å². The van der Waals surface area contributed by atoms with Gasteiger partial charge >= 0.3 is 0 Å². The fourth-order valence-corrected chi connectivity index (χ4v) is 0.622. The van der Waals surface area contributed by atoms with E-state index in [-0.39, 0.29) is 23.5 Å². The van der Waals surface area contributed by atoms with Crippen LogP contribution < -0.4 is 0 Å². The highest BCUT2D eigenvalue weighted by Gasteiger charge is 2.30. The summed E-state index contributed by atoms with van der Waals surface area (Å²) in [5, 5.41) is 10.4. The van der Waals surface area contributed by atoms with Crippen molar-refractivity contribution in [2.45, 2.75) is 32.2 Å². The first-order chi connectivity index (χ1) is 5.40. The van der Waals surface area contributed by atoms with E-state index in [1.54, 1.807) is 0 Å². The average Bonchev–Trinajstić information content (AvgIpc) is 2.00. The SMILES string of the molecule is C=CC(=O)CCC(C)(C)[N+](=O)[O-]. The molecule has 0 bridgehead atoms. The van der Waals surface area contributed by atoms with Gasteiger partial charge in [-0.3, -0.25) is 14.9 Å². The van der Waals surface area contributed by atoms with Gasteiger partial charge in [0, 0.05) is 31.6 Å². The number of hydrogen-bond donors (Lipinski definition) is 0. The van der Waals surface area contributed by atoms with Gasteiger partial charge in [0.05, 0.1) is 0 Å². The molecule has 0 amide bonds. The van der Waals surface area contributed by atoms with Crippen LogP contribution in [0.1, 0.15) is 26.7 Å². The summed E-state index contributed by atoms with van der Waals surface area (Å²) in [7, 11) is 0. The minimum atomic E-state index is -1.02. The Bertz CT molecular complexity index is 208. The van der Waals surface area contributed by atoms with E-state index in [1.807, 2.05) is 0 Å². The second kappa shape index (κ2) is 3.99. The summed E-state index contributed by atoms with van der Waals surface area (Å²) in [6.07, 6.45) is 1.64. The molecule has 0 rings (SSSR count). The lowest BCUT2D eigenvalue weighted by Gasteiger charge is -2.13. The van der Waals surface area contributed by atoms with Crippen molar-refractivity contribution in [1.29, 1.82) is 0 Å². The monoisotopic (exact) mass is 171 g/mol. The third-order valence-corrected chi connectivity index (χ3v) is 1.71. The molecule has 12 heavy (non-hydrogen) atoms. The molecule has 68 valence electrons. The molecule has 0 saturated heterocycles. The van der Waals surface area contributed by atoms with E-state index < -0.39 is 5.54 Å². The minimum Gasteiger partial charge on any atom is -0.295 e. The van der Waals surface area contributed by atoms with Crippen molar-refractivity contribution in [2.24, 2.45) is 0 Å². The van der Waals surface area contributed by atoms with E-state index in [4.69, 9.17) is 0 Å². The van der Waals surface area contributed by atoms with Crippen LogP contribution in [0.15, 0.2) is 12.7 Å². The van der Waals surface area contributed by atoms with Crippen molar-refractivity contribution in [1.82, 2.24) is 0 Å². The maximum atomic E-state index is 10.7. The zero-order valence-corrected chi connectivity index (χ0v) is 7.37. The Morgan fingerprint density at radius 2 is 2.17 bits per heavy atom. The van der Waals surface area contributed by atoms with Crippen LogP contribution in [0.5, 0.6) is 0 Å². The Morgan fingerprint density at radius 1 is 1.67 bits per heavy atom. The predicted molar refractivity (Wildman–Crippen MR) is 45.5 cm³/mol. The van der Waals surface area contributed by atoms with Crippen LogP contribution in [0.4, 0.5) is 0 Å². The second-order valence-corrected chi connectivity index (χ2v) is 3.24. The van der Waals surface area contributed by atoms with Gasteiger partial charge in [-0.1, -0.05) is 6.58 Å². The van der Waals surface area contributed by atoms with Crippen LogP contribution >= 0.6 is 0 Å². The molecule has 0 aliphatic rings. The number of nitrogens with zero attached hydrogens (tertiary/aromatic N) is 1. The van der Waals surface area contributed by atoms with Gasteiger partial charge < -0.3 is 0 Å². The van der Waals surface area contributed by atoms with Crippen LogP contribution in [0, 0.1) is 10.1 Å². The standard InChI is InChI=1S/C8H13NO3/c1-4-7(10)5-6-8(2,3)9(11)12/h4H,1,5-6H2,2-3H3. The molecular formula is C8H13NO3. The molecule has 0 aromatic carbocycles. The van der Waals surface area contributed by atoms with E-state index in [0.29, 0.717) is 0 Å². The second-order valence-electron chi connectivity index (χ2n) is 3.24. The van der Waals surface area contributed by atoms with Gasteiger partial charge in [0.1, 0.15) is 0 Å². The van der Waals surface area contributed by atoms with E-state index in [9.17, 15) is 14.9 Å². The van der Waals surface area contributed by atoms with Crippen LogP contribution in [0.2, 0.25) is 0 Å². The summed E-state index contributed by atoms with van der Waals surface area (Å²) in [6.45, 7) is 6.29. The largest absolute Gasteiger partial charge is 0.295 e. The van der Waals surface area contributed by atoms with Crippen LogP contribution in [-0.2, 0) is 4.79 Å². The Balaban J connectivity index is 4.00. The number of allylic oxidation sites excluding steroid dienone is 1. The first-order valence-electron chi connectivity index (χ1n) is 3.70. The number of carbonyl (C=O) groups is 1. The third kappa shape index (κ3) is 3.27. The molecule has 0 spiro atoms. The molecule has 0 radical (unpaired) electrons. The molecule has 4 heteroatoms. The van der Waals surface area contributed by atoms with Crippen molar-refractivity contribution in [3.63, 3.8) is 0 Å². The van der Waals surface area contributed by atoms with Gasteiger partial charge in [0.25, 0.3) is 0 Å². The molecule has 0 fully saturated rings. The topological polar surface area (TPSA) is 60.2 Å². The lowest BCUT2D eigenvalue weighted by molar-refractivity contribution is -0.561. The summed E-state index contributed by atoms with van der Waals surface area (Å²) in [5.41, 5.74) is -1.02. The number of hydrogen-bond acceptors (Lipinski definition) is 3. The summed E-state index contributed by atoms with van der Waals surface area (Å²) in [6, 6.07) is 0. The number of rotatable bonds is 5. The van der Waals surface area contributed by atoms with Crippen LogP contribution in [-0.4, -0.2) is 16.2 Å². The van der Waals surface area contributed by atoms with Crippen molar-refractivity contribution >= 4 is 5.78 Å². The molecule has 0 aliphatic heterocycles. The number of ketones is 1. The van der Waals surface area contributed by atoms with E-state index in [2.05, 4.69) is 6.58 Å². The Labute approximate surface area is 71.4 Å². The zero-order chi connectivity index (χ0) is 9.78. The highest BCUT2D eigenvalue weighted by molar-refractivity contribution is 5.88. The van der Waals surface area contributed by atoms with Gasteiger partial charge in [-0.2, -0.15) is 0 Å². The molecule has 0 N–H and O–H groups in total. The molecule has 4 nitrogen and oxygen atoms in total. The van der Waals surface area contributed by atoms with Gasteiger partial charge in [-0.05, 0) is 6.08 Å². The zero-order valence-electron chi connectivity index (χ0n) is 7.37. The van der Waals surface area contributed by atoms with Crippen molar-refractivity contribution in [2.75, 3.05) is 0 Å². The fourth-order valence-electron chi connectivity index (χ4n) is 0.622. The smallest absolute Gasteiger partial charge is 0.217 e. The maximum absolute atomic E-state index is 10.7. The summed E-state index contributed by atoms with van der Waals surface area (Å²) in [4.78, 5) is 20.8. The Morgan fingerprint density at radius 3 is 2.50 bits per heavy atom. The molecule has 0 saturated carbocycles. The molecular weight excluding hydrogens is 158 g/mol. The molecule has 0 atom stereocenters. The van der Waals surface area contributed by atoms with E-state index >= 15 is 0 Å². The molecule has 0 heterocycles. The summed E-state index contributed by atoms with van der Waals surface area (Å²) in [5.74, 6) is -0.148. The lowest BCUT2D eigenvalue weighted by atomic mass is 9.98. The van der Waals surface area contributed by atoms with Crippen molar-refractivity contribution < 1.29 is 9.72 Å². The van der Waals surface area contributed by atoms with E-state index in [1.165, 1.54) is 19.9 Å². The first kappa shape index (κ1) is 10.8. The van der Waals surface area contributed by atoms with Gasteiger partial charge in [0.2, 0.25) is 5.54 Å². The minimum absolute atomic E-state index is 0.148. The van der Waals surface area contributed by atoms with Gasteiger partial charge in [-0.25, -0.2) is 0 Å². The Hall–Kier alpha value is -1.19. The first-order valence-corrected chi connectivity index (χ1v) is 3.70. The van der Waals surface area contributed by atoms with Crippen LogP contribution in [0.25, 0.3) is 0 Å². The highest BCUT2D eigenvalue weighted by atomic mass is 16.6. The Kier molecular flexibility index (Phi) is 3.60. The lowest BCUT2D eigenvalue weighted by Crippen LogP contribution is -2.31. The predicted octanol–water partition coefficient (Wildman–Crippen LogP) is 1.58. The van der Waals surface area contributed by atoms with Gasteiger partial charge in [-0.15, -0.1) is 0 Å². The normalized spacial score (nSPS) is 10.8. The molecule has 0 aromatic heterocycles.